The lowest BCUT2D eigenvalue weighted by atomic mass is 9.94. The zero-order valence-corrected chi connectivity index (χ0v) is 12.9. The minimum Gasteiger partial charge on any atom is -0.480 e. The number of aryl methyl sites for hydroxylation is 1. The highest BCUT2D eigenvalue weighted by molar-refractivity contribution is 5.92. The van der Waals surface area contributed by atoms with Crippen LogP contribution in [0.25, 0.3) is 0 Å². The Labute approximate surface area is 133 Å². The van der Waals surface area contributed by atoms with Crippen LogP contribution in [0.15, 0.2) is 24.8 Å². The number of hydrogen-bond donors (Lipinski definition) is 1. The maximum Gasteiger partial charge on any atom is 0.325 e. The molecule has 0 aromatic carbocycles. The van der Waals surface area contributed by atoms with Gasteiger partial charge in [-0.2, -0.15) is 5.10 Å². The number of amides is 1. The minimum atomic E-state index is -0.924. The van der Waals surface area contributed by atoms with Crippen molar-refractivity contribution >= 4 is 11.9 Å². The molecule has 0 bridgehead atoms. The van der Waals surface area contributed by atoms with Gasteiger partial charge in [0.2, 0.25) is 0 Å². The number of rotatable bonds is 4. The highest BCUT2D eigenvalue weighted by Gasteiger charge is 2.28. The van der Waals surface area contributed by atoms with Gasteiger partial charge in [0, 0.05) is 44.1 Å². The van der Waals surface area contributed by atoms with Crippen molar-refractivity contribution < 1.29 is 14.7 Å². The van der Waals surface area contributed by atoms with Crippen LogP contribution in [0.1, 0.15) is 34.9 Å². The fraction of sp³-hybridized carbons (Fsp3) is 0.467. The summed E-state index contributed by atoms with van der Waals surface area (Å²) in [5.74, 6) is -0.912. The molecule has 8 heteroatoms. The van der Waals surface area contributed by atoms with Crippen molar-refractivity contribution in [2.75, 3.05) is 13.1 Å². The monoisotopic (exact) mass is 317 g/mol. The molecular formula is C15H19N5O3. The largest absolute Gasteiger partial charge is 0.480 e. The molecule has 1 aliphatic heterocycles. The summed E-state index contributed by atoms with van der Waals surface area (Å²) < 4.78 is 3.25. The van der Waals surface area contributed by atoms with Gasteiger partial charge in [0.1, 0.15) is 12.2 Å². The molecule has 0 spiro atoms. The summed E-state index contributed by atoms with van der Waals surface area (Å²) in [5.41, 5.74) is 1.30. The number of carbonyl (C=O) groups excluding carboxylic acids is 1. The summed E-state index contributed by atoms with van der Waals surface area (Å²) in [4.78, 5) is 29.3. The van der Waals surface area contributed by atoms with Crippen molar-refractivity contribution in [3.8, 4) is 0 Å². The molecule has 0 unspecified atom stereocenters. The van der Waals surface area contributed by atoms with Crippen LogP contribution in [0.2, 0.25) is 0 Å². The van der Waals surface area contributed by atoms with Crippen molar-refractivity contribution in [3.63, 3.8) is 0 Å². The lowest BCUT2D eigenvalue weighted by Crippen LogP contribution is -2.39. The van der Waals surface area contributed by atoms with E-state index >= 15 is 0 Å². The summed E-state index contributed by atoms with van der Waals surface area (Å²) in [5, 5.41) is 13.0. The van der Waals surface area contributed by atoms with Gasteiger partial charge in [-0.3, -0.25) is 14.3 Å². The smallest absolute Gasteiger partial charge is 0.325 e. The average Bonchev–Trinajstić information content (AvgIpc) is 3.15. The van der Waals surface area contributed by atoms with Crippen molar-refractivity contribution in [1.29, 1.82) is 0 Å². The minimum absolute atomic E-state index is 0.0837. The van der Waals surface area contributed by atoms with Crippen molar-refractivity contribution in [1.82, 2.24) is 24.2 Å². The summed E-state index contributed by atoms with van der Waals surface area (Å²) in [6, 6.07) is 1.84. The van der Waals surface area contributed by atoms with E-state index < -0.39 is 5.97 Å². The van der Waals surface area contributed by atoms with E-state index in [0.29, 0.717) is 18.8 Å². The highest BCUT2D eigenvalue weighted by Crippen LogP contribution is 2.27. The molecule has 1 aliphatic rings. The number of carbonyl (C=O) groups is 2. The van der Waals surface area contributed by atoms with Crippen LogP contribution in [-0.2, 0) is 18.4 Å². The second kappa shape index (κ2) is 6.23. The van der Waals surface area contributed by atoms with Crippen LogP contribution >= 0.6 is 0 Å². The molecule has 3 heterocycles. The molecule has 0 aliphatic carbocycles. The van der Waals surface area contributed by atoms with E-state index in [9.17, 15) is 9.59 Å². The molecule has 2 aromatic rings. The van der Waals surface area contributed by atoms with E-state index in [1.807, 2.05) is 13.1 Å². The van der Waals surface area contributed by atoms with Crippen molar-refractivity contribution in [2.24, 2.45) is 7.05 Å². The number of hydrogen-bond acceptors (Lipinski definition) is 4. The SMILES string of the molecule is Cn1cnc(C(=O)N2CCC[C@H](c3ccnn3CC(=O)O)C2)c1. The Hall–Kier alpha value is -2.64. The fourth-order valence-electron chi connectivity index (χ4n) is 3.04. The predicted molar refractivity (Wildman–Crippen MR) is 80.9 cm³/mol. The predicted octanol–water partition coefficient (Wildman–Crippen LogP) is 0.721. The Morgan fingerprint density at radius 2 is 2.26 bits per heavy atom. The highest BCUT2D eigenvalue weighted by atomic mass is 16.4. The van der Waals surface area contributed by atoms with Gasteiger partial charge in [-0.1, -0.05) is 0 Å². The quantitative estimate of drug-likeness (QED) is 0.897. The number of carboxylic acid groups (broad SMARTS) is 1. The number of carboxylic acids is 1. The van der Waals surface area contributed by atoms with E-state index in [1.165, 1.54) is 4.68 Å². The second-order valence-electron chi connectivity index (χ2n) is 5.82. The molecule has 1 fully saturated rings. The van der Waals surface area contributed by atoms with Crippen LogP contribution in [-0.4, -0.2) is 54.3 Å². The third kappa shape index (κ3) is 3.25. The standard InChI is InChI=1S/C15H19N5O3/c1-18-8-12(16-10-18)15(23)19-6-2-3-11(7-19)13-4-5-17-20(13)9-14(21)22/h4-5,8,10-11H,2-3,6-7,9H2,1H3,(H,21,22)/t11-/m0/s1. The van der Waals surface area contributed by atoms with Crippen LogP contribution in [0, 0.1) is 0 Å². The van der Waals surface area contributed by atoms with Crippen molar-refractivity contribution in [3.05, 3.63) is 36.2 Å². The summed E-state index contributed by atoms with van der Waals surface area (Å²) >= 11 is 0. The molecule has 1 N–H and O–H groups in total. The molecule has 8 nitrogen and oxygen atoms in total. The molecule has 1 amide bonds. The van der Waals surface area contributed by atoms with Crippen LogP contribution in [0.3, 0.4) is 0 Å². The maximum absolute atomic E-state index is 12.5. The molecule has 1 atom stereocenters. The van der Waals surface area contributed by atoms with Crippen LogP contribution in [0.5, 0.6) is 0 Å². The number of aliphatic carboxylic acids is 1. The van der Waals surface area contributed by atoms with Gasteiger partial charge in [-0.15, -0.1) is 0 Å². The van der Waals surface area contributed by atoms with E-state index in [4.69, 9.17) is 5.11 Å². The topological polar surface area (TPSA) is 93.3 Å². The zero-order valence-electron chi connectivity index (χ0n) is 12.9. The normalized spacial score (nSPS) is 18.1. The molecule has 0 radical (unpaired) electrons. The average molecular weight is 317 g/mol. The van der Waals surface area contributed by atoms with Gasteiger partial charge >= 0.3 is 5.97 Å². The van der Waals surface area contributed by atoms with Gasteiger partial charge in [-0.25, -0.2) is 4.98 Å². The van der Waals surface area contributed by atoms with Crippen LogP contribution < -0.4 is 0 Å². The number of imidazole rings is 1. The van der Waals surface area contributed by atoms with E-state index in [0.717, 1.165) is 18.5 Å². The molecule has 0 saturated carbocycles. The number of likely N-dealkylation sites (tertiary alicyclic amines) is 1. The van der Waals surface area contributed by atoms with Gasteiger partial charge in [0.05, 0.1) is 6.33 Å². The van der Waals surface area contributed by atoms with Crippen LogP contribution in [0.4, 0.5) is 0 Å². The van der Waals surface area contributed by atoms with Gasteiger partial charge in [0.15, 0.2) is 0 Å². The van der Waals surface area contributed by atoms with Gasteiger partial charge in [0.25, 0.3) is 5.91 Å². The summed E-state index contributed by atoms with van der Waals surface area (Å²) in [7, 11) is 1.83. The van der Waals surface area contributed by atoms with Crippen molar-refractivity contribution in [2.45, 2.75) is 25.3 Å². The Morgan fingerprint density at radius 3 is 2.96 bits per heavy atom. The Balaban J connectivity index is 1.75. The first-order valence-electron chi connectivity index (χ1n) is 7.55. The molecule has 122 valence electrons. The molecule has 3 rings (SSSR count). The molecule has 1 saturated heterocycles. The van der Waals surface area contributed by atoms with E-state index in [2.05, 4.69) is 10.1 Å². The van der Waals surface area contributed by atoms with E-state index in [1.54, 1.807) is 28.2 Å². The lowest BCUT2D eigenvalue weighted by molar-refractivity contribution is -0.137. The zero-order chi connectivity index (χ0) is 16.4. The maximum atomic E-state index is 12.5. The lowest BCUT2D eigenvalue weighted by Gasteiger charge is -2.32. The Bertz CT molecular complexity index is 720. The molecule has 23 heavy (non-hydrogen) atoms. The summed E-state index contributed by atoms with van der Waals surface area (Å²) in [6.07, 6.45) is 6.72. The third-order valence-electron chi connectivity index (χ3n) is 4.09. The first-order chi connectivity index (χ1) is 11.0. The number of nitrogens with zero attached hydrogens (tertiary/aromatic N) is 5. The molecule has 2 aromatic heterocycles. The van der Waals surface area contributed by atoms with Gasteiger partial charge in [-0.05, 0) is 18.9 Å². The number of piperidine rings is 1. The number of aromatic nitrogens is 4. The fourth-order valence-corrected chi connectivity index (χ4v) is 3.04. The second-order valence-corrected chi connectivity index (χ2v) is 5.82. The Kier molecular flexibility index (Phi) is 4.14. The molecular weight excluding hydrogens is 298 g/mol. The first-order valence-corrected chi connectivity index (χ1v) is 7.55. The van der Waals surface area contributed by atoms with Gasteiger partial charge < -0.3 is 14.6 Å². The Morgan fingerprint density at radius 1 is 1.43 bits per heavy atom. The van der Waals surface area contributed by atoms with E-state index in [-0.39, 0.29) is 18.4 Å². The summed E-state index contributed by atoms with van der Waals surface area (Å²) in [6.45, 7) is 1.09. The first kappa shape index (κ1) is 15.3. The third-order valence-corrected chi connectivity index (χ3v) is 4.09.